The Morgan fingerprint density at radius 1 is 0.972 bits per heavy atom. The Bertz CT molecular complexity index is 1230. The standard InChI is InChI=1S/C26H23Br2ClN2O5/c1-13-8-17(36-26(35)14-9-23(32)30(12-14)16-4-2-15(29)3-5-16)6-7-22(13)31-24(33)18-10-20(27)21(28)11-19(18)25(31)34/h2-8,14,18-21H,9-12H2,1H3/t14-,18-,19-,20+,21+/m1/s1. The quantitative estimate of drug-likeness (QED) is 0.203. The second-order valence-corrected chi connectivity index (χ2v) is 12.3. The lowest BCUT2D eigenvalue weighted by molar-refractivity contribution is -0.139. The third-order valence-corrected chi connectivity index (χ3v) is 10.1. The minimum Gasteiger partial charge on any atom is -0.426 e. The Morgan fingerprint density at radius 2 is 1.58 bits per heavy atom. The van der Waals surface area contributed by atoms with Crippen molar-refractivity contribution < 1.29 is 23.9 Å². The van der Waals surface area contributed by atoms with Gasteiger partial charge in [0.2, 0.25) is 17.7 Å². The summed E-state index contributed by atoms with van der Waals surface area (Å²) < 4.78 is 5.59. The number of esters is 1. The minimum atomic E-state index is -0.604. The van der Waals surface area contributed by atoms with Gasteiger partial charge in [-0.25, -0.2) is 4.90 Å². The van der Waals surface area contributed by atoms with Crippen molar-refractivity contribution in [3.8, 4) is 5.75 Å². The van der Waals surface area contributed by atoms with Crippen LogP contribution in [0.25, 0.3) is 0 Å². The molecule has 2 aliphatic heterocycles. The number of nitrogens with zero attached hydrogens (tertiary/aromatic N) is 2. The molecule has 1 saturated carbocycles. The van der Waals surface area contributed by atoms with Gasteiger partial charge in [-0.15, -0.1) is 0 Å². The average Bonchev–Trinajstić information content (AvgIpc) is 3.33. The minimum absolute atomic E-state index is 0.0568. The highest BCUT2D eigenvalue weighted by molar-refractivity contribution is 9.12. The highest BCUT2D eigenvalue weighted by Gasteiger charge is 2.52. The molecule has 10 heteroatoms. The van der Waals surface area contributed by atoms with Gasteiger partial charge in [-0.2, -0.15) is 0 Å². The maximum Gasteiger partial charge on any atom is 0.316 e. The van der Waals surface area contributed by atoms with Crippen molar-refractivity contribution in [1.29, 1.82) is 0 Å². The van der Waals surface area contributed by atoms with E-state index in [4.69, 9.17) is 16.3 Å². The maximum atomic E-state index is 13.1. The Kier molecular flexibility index (Phi) is 7.00. The van der Waals surface area contributed by atoms with Gasteiger partial charge in [-0.3, -0.25) is 19.2 Å². The molecule has 0 N–H and O–H groups in total. The van der Waals surface area contributed by atoms with E-state index in [0.29, 0.717) is 40.6 Å². The molecule has 36 heavy (non-hydrogen) atoms. The molecule has 1 aliphatic carbocycles. The van der Waals surface area contributed by atoms with E-state index < -0.39 is 11.9 Å². The van der Waals surface area contributed by atoms with Crippen molar-refractivity contribution >= 4 is 78.5 Å². The lowest BCUT2D eigenvalue weighted by Crippen LogP contribution is -2.34. The van der Waals surface area contributed by atoms with Gasteiger partial charge in [0, 0.05) is 33.3 Å². The number of imide groups is 1. The first kappa shape index (κ1) is 25.4. The molecule has 2 saturated heterocycles. The molecule has 0 bridgehead atoms. The fourth-order valence-corrected chi connectivity index (χ4v) is 6.57. The molecular weight excluding hydrogens is 616 g/mol. The largest absolute Gasteiger partial charge is 0.426 e. The second-order valence-electron chi connectivity index (χ2n) is 9.48. The lowest BCUT2D eigenvalue weighted by Gasteiger charge is -2.29. The number of alkyl halides is 2. The molecular formula is C26H23Br2ClN2O5. The van der Waals surface area contributed by atoms with Gasteiger partial charge < -0.3 is 9.64 Å². The van der Waals surface area contributed by atoms with Gasteiger partial charge in [0.1, 0.15) is 5.75 Å². The molecule has 2 heterocycles. The Labute approximate surface area is 230 Å². The van der Waals surface area contributed by atoms with Gasteiger partial charge >= 0.3 is 5.97 Å². The third kappa shape index (κ3) is 4.61. The number of hydrogen-bond acceptors (Lipinski definition) is 5. The summed E-state index contributed by atoms with van der Waals surface area (Å²) in [7, 11) is 0. The molecule has 2 aromatic carbocycles. The molecule has 0 radical (unpaired) electrons. The van der Waals surface area contributed by atoms with Crippen LogP contribution in [0.2, 0.25) is 5.02 Å². The fraction of sp³-hybridized carbons (Fsp3) is 0.385. The van der Waals surface area contributed by atoms with Crippen LogP contribution in [-0.4, -0.2) is 39.9 Å². The number of carbonyl (C=O) groups excluding carboxylic acids is 4. The predicted octanol–water partition coefficient (Wildman–Crippen LogP) is 5.03. The monoisotopic (exact) mass is 636 g/mol. The van der Waals surface area contributed by atoms with Crippen molar-refractivity contribution in [2.45, 2.75) is 35.8 Å². The summed E-state index contributed by atoms with van der Waals surface area (Å²) >= 11 is 13.1. The molecule has 3 aliphatic rings. The number of hydrogen-bond donors (Lipinski definition) is 0. The van der Waals surface area contributed by atoms with Crippen LogP contribution in [0.3, 0.4) is 0 Å². The highest BCUT2D eigenvalue weighted by atomic mass is 79.9. The van der Waals surface area contributed by atoms with Gasteiger partial charge in [0.05, 0.1) is 23.4 Å². The molecule has 0 spiro atoms. The van der Waals surface area contributed by atoms with E-state index in [9.17, 15) is 19.2 Å². The number of benzene rings is 2. The normalized spacial score (nSPS) is 28.0. The van der Waals surface area contributed by atoms with E-state index in [2.05, 4.69) is 31.9 Å². The van der Waals surface area contributed by atoms with Crippen molar-refractivity contribution in [2.75, 3.05) is 16.3 Å². The van der Waals surface area contributed by atoms with Gasteiger partial charge in [-0.05, 0) is 67.8 Å². The number of carbonyl (C=O) groups is 4. The summed E-state index contributed by atoms with van der Waals surface area (Å²) in [5.41, 5.74) is 1.83. The highest BCUT2D eigenvalue weighted by Crippen LogP contribution is 2.45. The van der Waals surface area contributed by atoms with Crippen molar-refractivity contribution in [3.63, 3.8) is 0 Å². The molecule has 5 rings (SSSR count). The van der Waals surface area contributed by atoms with Crippen LogP contribution in [0.15, 0.2) is 42.5 Å². The molecule has 0 unspecified atom stereocenters. The van der Waals surface area contributed by atoms with E-state index in [1.807, 2.05) is 0 Å². The number of amides is 3. The van der Waals surface area contributed by atoms with Gasteiger partial charge in [-0.1, -0.05) is 43.5 Å². The van der Waals surface area contributed by atoms with Crippen LogP contribution in [-0.2, 0) is 19.2 Å². The summed E-state index contributed by atoms with van der Waals surface area (Å²) in [5.74, 6) is -2.01. The van der Waals surface area contributed by atoms with E-state index in [1.165, 1.54) is 4.90 Å². The van der Waals surface area contributed by atoms with Crippen LogP contribution < -0.4 is 14.5 Å². The lowest BCUT2D eigenvalue weighted by atomic mass is 9.81. The maximum absolute atomic E-state index is 13.1. The molecule has 0 aromatic heterocycles. The van der Waals surface area contributed by atoms with E-state index >= 15 is 0 Å². The fourth-order valence-electron chi connectivity index (χ4n) is 5.21. The van der Waals surface area contributed by atoms with E-state index in [-0.39, 0.29) is 52.2 Å². The first-order valence-electron chi connectivity index (χ1n) is 11.7. The van der Waals surface area contributed by atoms with Crippen LogP contribution in [0.5, 0.6) is 5.75 Å². The smallest absolute Gasteiger partial charge is 0.316 e. The summed E-state index contributed by atoms with van der Waals surface area (Å²) in [4.78, 5) is 54.7. The number of aryl methyl sites for hydroxylation is 1. The molecule has 2 aromatic rings. The summed E-state index contributed by atoms with van der Waals surface area (Å²) in [6, 6.07) is 11.7. The molecule has 7 nitrogen and oxygen atoms in total. The summed E-state index contributed by atoms with van der Waals surface area (Å²) in [6.45, 7) is 2.00. The zero-order valence-corrected chi connectivity index (χ0v) is 23.3. The number of ether oxygens (including phenoxy) is 1. The topological polar surface area (TPSA) is 84.0 Å². The average molecular weight is 639 g/mol. The second kappa shape index (κ2) is 9.91. The van der Waals surface area contributed by atoms with Crippen LogP contribution in [0.4, 0.5) is 11.4 Å². The van der Waals surface area contributed by atoms with E-state index in [0.717, 1.165) is 0 Å². The number of anilines is 2. The van der Waals surface area contributed by atoms with Crippen LogP contribution in [0.1, 0.15) is 24.8 Å². The van der Waals surface area contributed by atoms with Gasteiger partial charge in [0.15, 0.2) is 0 Å². The third-order valence-electron chi connectivity index (χ3n) is 7.14. The molecule has 3 fully saturated rings. The van der Waals surface area contributed by atoms with Crippen LogP contribution in [0, 0.1) is 24.7 Å². The van der Waals surface area contributed by atoms with Crippen LogP contribution >= 0.6 is 43.5 Å². The van der Waals surface area contributed by atoms with E-state index in [1.54, 1.807) is 54.3 Å². The predicted molar refractivity (Wildman–Crippen MR) is 143 cm³/mol. The zero-order valence-electron chi connectivity index (χ0n) is 19.3. The number of fused-ring (bicyclic) bond motifs is 1. The Hall–Kier alpha value is -2.23. The molecule has 3 amide bonds. The van der Waals surface area contributed by atoms with Crippen molar-refractivity contribution in [2.24, 2.45) is 17.8 Å². The SMILES string of the molecule is Cc1cc(OC(=O)[C@@H]2CC(=O)N(c3ccc(Cl)cc3)C2)ccc1N1C(=O)[C@@H]2C[C@H](Br)[C@@H](Br)C[C@H]2C1=O. The number of rotatable bonds is 4. The zero-order chi connectivity index (χ0) is 25.7. The van der Waals surface area contributed by atoms with Crippen molar-refractivity contribution in [3.05, 3.63) is 53.1 Å². The van der Waals surface area contributed by atoms with Crippen molar-refractivity contribution in [1.82, 2.24) is 0 Å². The Morgan fingerprint density at radius 3 is 2.17 bits per heavy atom. The summed E-state index contributed by atoms with van der Waals surface area (Å²) in [5, 5.41) is 0.566. The molecule has 188 valence electrons. The number of halogens is 3. The molecule has 5 atom stereocenters. The first-order chi connectivity index (χ1) is 17.1. The summed E-state index contributed by atoms with van der Waals surface area (Å²) in [6.07, 6.45) is 1.26. The first-order valence-corrected chi connectivity index (χ1v) is 13.9. The Balaban J connectivity index is 1.28. The van der Waals surface area contributed by atoms with Gasteiger partial charge in [0.25, 0.3) is 0 Å².